The van der Waals surface area contributed by atoms with E-state index in [4.69, 9.17) is 4.74 Å². The van der Waals surface area contributed by atoms with Gasteiger partial charge in [-0.1, -0.05) is 17.7 Å². The summed E-state index contributed by atoms with van der Waals surface area (Å²) in [5.74, 6) is 0.345. The van der Waals surface area contributed by atoms with Crippen molar-refractivity contribution >= 4 is 21.9 Å². The van der Waals surface area contributed by atoms with Crippen LogP contribution in [0.1, 0.15) is 17.0 Å². The van der Waals surface area contributed by atoms with Crippen molar-refractivity contribution < 1.29 is 9.53 Å². The standard InChI is InChI=1S/C14H14BrN3O2/c1-8-3-4-11-9(5-8)6-10(13(19)20-2)7-12-16-17-14(15)18(11)12/h3-5,10H,6-7H2,1-2H3. The number of aryl methyl sites for hydroxylation is 1. The molecule has 1 aromatic carbocycles. The fraction of sp³-hybridized carbons (Fsp3) is 0.357. The van der Waals surface area contributed by atoms with Gasteiger partial charge in [-0.25, -0.2) is 0 Å². The summed E-state index contributed by atoms with van der Waals surface area (Å²) < 4.78 is 7.52. The highest BCUT2D eigenvalue weighted by molar-refractivity contribution is 9.10. The predicted octanol–water partition coefficient (Wildman–Crippen LogP) is 2.23. The van der Waals surface area contributed by atoms with Gasteiger partial charge < -0.3 is 4.74 Å². The molecule has 0 radical (unpaired) electrons. The van der Waals surface area contributed by atoms with Gasteiger partial charge in [-0.05, 0) is 40.9 Å². The molecule has 3 rings (SSSR count). The second-order valence-electron chi connectivity index (χ2n) is 4.98. The zero-order valence-corrected chi connectivity index (χ0v) is 12.8. The number of hydrogen-bond donors (Lipinski definition) is 0. The molecule has 0 fully saturated rings. The molecule has 1 aliphatic rings. The number of nitrogens with zero attached hydrogens (tertiary/aromatic N) is 3. The van der Waals surface area contributed by atoms with Crippen LogP contribution in [-0.4, -0.2) is 27.8 Å². The Morgan fingerprint density at radius 1 is 1.40 bits per heavy atom. The van der Waals surface area contributed by atoms with Crippen LogP contribution >= 0.6 is 15.9 Å². The van der Waals surface area contributed by atoms with Gasteiger partial charge >= 0.3 is 5.97 Å². The molecular weight excluding hydrogens is 322 g/mol. The molecule has 2 heterocycles. The van der Waals surface area contributed by atoms with E-state index in [2.05, 4.69) is 32.2 Å². The summed E-state index contributed by atoms with van der Waals surface area (Å²) >= 11 is 3.42. The Morgan fingerprint density at radius 2 is 2.20 bits per heavy atom. The molecular formula is C14H14BrN3O2. The van der Waals surface area contributed by atoms with Gasteiger partial charge in [0.25, 0.3) is 0 Å². The van der Waals surface area contributed by atoms with Crippen LogP contribution in [0.4, 0.5) is 0 Å². The molecule has 1 atom stereocenters. The van der Waals surface area contributed by atoms with E-state index in [1.165, 1.54) is 12.7 Å². The van der Waals surface area contributed by atoms with Crippen molar-refractivity contribution in [2.45, 2.75) is 19.8 Å². The maximum atomic E-state index is 11.9. The number of fused-ring (bicyclic) bond motifs is 3. The summed E-state index contributed by atoms with van der Waals surface area (Å²) in [7, 11) is 1.42. The van der Waals surface area contributed by atoms with Gasteiger partial charge in [0.05, 0.1) is 18.7 Å². The molecule has 20 heavy (non-hydrogen) atoms. The van der Waals surface area contributed by atoms with E-state index in [0.717, 1.165) is 17.1 Å². The Labute approximate surface area is 125 Å². The van der Waals surface area contributed by atoms with Gasteiger partial charge in [0.15, 0.2) is 0 Å². The number of methoxy groups -OCH3 is 1. The van der Waals surface area contributed by atoms with Crippen LogP contribution in [0.2, 0.25) is 0 Å². The molecule has 1 aromatic heterocycles. The van der Waals surface area contributed by atoms with Crippen LogP contribution in [0.5, 0.6) is 0 Å². The zero-order valence-electron chi connectivity index (χ0n) is 11.3. The molecule has 0 amide bonds. The Bertz CT molecular complexity index is 681. The van der Waals surface area contributed by atoms with E-state index < -0.39 is 0 Å². The first kappa shape index (κ1) is 13.3. The maximum absolute atomic E-state index is 11.9. The lowest BCUT2D eigenvalue weighted by atomic mass is 9.95. The maximum Gasteiger partial charge on any atom is 0.309 e. The van der Waals surface area contributed by atoms with E-state index in [9.17, 15) is 4.79 Å². The SMILES string of the molecule is COC(=O)C1Cc2cc(C)ccc2-n2c(Br)nnc2C1. The first-order valence-electron chi connectivity index (χ1n) is 6.37. The largest absolute Gasteiger partial charge is 0.469 e. The molecule has 0 spiro atoms. The van der Waals surface area contributed by atoms with Crippen molar-refractivity contribution in [2.75, 3.05) is 7.11 Å². The van der Waals surface area contributed by atoms with E-state index in [-0.39, 0.29) is 11.9 Å². The van der Waals surface area contributed by atoms with E-state index in [1.807, 2.05) is 23.6 Å². The number of benzene rings is 1. The van der Waals surface area contributed by atoms with Crippen molar-refractivity contribution in [3.05, 3.63) is 39.9 Å². The highest BCUT2D eigenvalue weighted by Gasteiger charge is 2.29. The molecule has 0 saturated heterocycles. The molecule has 0 N–H and O–H groups in total. The van der Waals surface area contributed by atoms with Gasteiger partial charge in [0.1, 0.15) is 5.82 Å². The third kappa shape index (κ3) is 2.14. The van der Waals surface area contributed by atoms with E-state index in [1.54, 1.807) is 0 Å². The van der Waals surface area contributed by atoms with Gasteiger partial charge in [-0.3, -0.25) is 9.36 Å². The quantitative estimate of drug-likeness (QED) is 0.750. The number of aromatic nitrogens is 3. The van der Waals surface area contributed by atoms with Crippen molar-refractivity contribution in [3.8, 4) is 5.69 Å². The summed E-state index contributed by atoms with van der Waals surface area (Å²) in [5, 5.41) is 8.22. The first-order valence-corrected chi connectivity index (χ1v) is 7.17. The summed E-state index contributed by atoms with van der Waals surface area (Å²) in [5.41, 5.74) is 3.30. The topological polar surface area (TPSA) is 57.0 Å². The van der Waals surface area contributed by atoms with Crippen LogP contribution in [-0.2, 0) is 22.4 Å². The molecule has 1 unspecified atom stereocenters. The number of carbonyl (C=O) groups excluding carboxylic acids is 1. The number of rotatable bonds is 1. The average molecular weight is 336 g/mol. The van der Waals surface area contributed by atoms with Gasteiger partial charge in [0, 0.05) is 6.42 Å². The Kier molecular flexibility index (Phi) is 3.33. The van der Waals surface area contributed by atoms with Crippen LogP contribution in [0.3, 0.4) is 0 Å². The molecule has 2 aromatic rings. The second kappa shape index (κ2) is 5.01. The monoisotopic (exact) mass is 335 g/mol. The zero-order chi connectivity index (χ0) is 14.3. The lowest BCUT2D eigenvalue weighted by molar-refractivity contribution is -0.145. The minimum absolute atomic E-state index is 0.204. The van der Waals surface area contributed by atoms with Crippen LogP contribution in [0.25, 0.3) is 5.69 Å². The second-order valence-corrected chi connectivity index (χ2v) is 5.69. The number of carbonyl (C=O) groups is 1. The smallest absolute Gasteiger partial charge is 0.309 e. The summed E-state index contributed by atoms with van der Waals surface area (Å²) in [4.78, 5) is 11.9. The Balaban J connectivity index is 2.18. The highest BCUT2D eigenvalue weighted by Crippen LogP contribution is 2.30. The lowest BCUT2D eigenvalue weighted by Gasteiger charge is -2.12. The molecule has 104 valence electrons. The third-order valence-corrected chi connectivity index (χ3v) is 4.11. The predicted molar refractivity (Wildman–Crippen MR) is 76.7 cm³/mol. The molecule has 0 saturated carbocycles. The normalized spacial score (nSPS) is 17.1. The van der Waals surface area contributed by atoms with E-state index in [0.29, 0.717) is 17.6 Å². The van der Waals surface area contributed by atoms with Gasteiger partial charge in [-0.15, -0.1) is 10.2 Å². The van der Waals surface area contributed by atoms with E-state index >= 15 is 0 Å². The molecule has 6 heteroatoms. The minimum Gasteiger partial charge on any atom is -0.469 e. The minimum atomic E-state index is -0.224. The molecule has 0 bridgehead atoms. The van der Waals surface area contributed by atoms with Crippen molar-refractivity contribution in [3.63, 3.8) is 0 Å². The van der Waals surface area contributed by atoms with Gasteiger partial charge in [-0.2, -0.15) is 0 Å². The van der Waals surface area contributed by atoms with Crippen molar-refractivity contribution in [2.24, 2.45) is 5.92 Å². The van der Waals surface area contributed by atoms with Crippen molar-refractivity contribution in [1.82, 2.24) is 14.8 Å². The average Bonchev–Trinajstić information content (AvgIpc) is 2.70. The third-order valence-electron chi connectivity index (χ3n) is 3.60. The highest BCUT2D eigenvalue weighted by atomic mass is 79.9. The Hall–Kier alpha value is -1.69. The number of hydrogen-bond acceptors (Lipinski definition) is 4. The summed E-state index contributed by atoms with van der Waals surface area (Å²) in [6, 6.07) is 6.20. The number of esters is 1. The summed E-state index contributed by atoms with van der Waals surface area (Å²) in [6.45, 7) is 2.04. The first-order chi connectivity index (χ1) is 9.60. The lowest BCUT2D eigenvalue weighted by Crippen LogP contribution is -2.20. The molecule has 5 nitrogen and oxygen atoms in total. The van der Waals surface area contributed by atoms with Crippen LogP contribution in [0.15, 0.2) is 22.9 Å². The van der Waals surface area contributed by atoms with Gasteiger partial charge in [0.2, 0.25) is 4.73 Å². The summed E-state index contributed by atoms with van der Waals surface area (Å²) in [6.07, 6.45) is 1.18. The Morgan fingerprint density at radius 3 is 2.95 bits per heavy atom. The number of halogens is 1. The fourth-order valence-electron chi connectivity index (χ4n) is 2.65. The fourth-order valence-corrected chi connectivity index (χ4v) is 3.13. The van der Waals surface area contributed by atoms with Crippen LogP contribution in [0, 0.1) is 12.8 Å². The van der Waals surface area contributed by atoms with Crippen LogP contribution < -0.4 is 0 Å². The molecule has 1 aliphatic heterocycles. The van der Waals surface area contributed by atoms with Crippen molar-refractivity contribution in [1.29, 1.82) is 0 Å². The molecule has 0 aliphatic carbocycles. The number of ether oxygens (including phenoxy) is 1.